The minimum absolute atomic E-state index is 0.254. The maximum Gasteiger partial charge on any atom is 0.161 e. The first-order valence-corrected chi connectivity index (χ1v) is 6.38. The van der Waals surface area contributed by atoms with Crippen LogP contribution in [-0.4, -0.2) is 38.0 Å². The van der Waals surface area contributed by atoms with Gasteiger partial charge in [0.15, 0.2) is 11.5 Å². The van der Waals surface area contributed by atoms with E-state index in [1.807, 2.05) is 24.3 Å². The minimum Gasteiger partial charge on any atom is -0.493 e. The number of methoxy groups -OCH3 is 1. The Kier molecular flexibility index (Phi) is 7.22. The van der Waals surface area contributed by atoms with Crippen LogP contribution in [-0.2, 0) is 0 Å². The highest BCUT2D eigenvalue weighted by Gasteiger charge is 2.03. The molecule has 102 valence electrons. The van der Waals surface area contributed by atoms with Crippen LogP contribution >= 0.6 is 0 Å². The maximum absolute atomic E-state index is 8.73. The second-order valence-corrected chi connectivity index (χ2v) is 4.22. The molecule has 18 heavy (non-hydrogen) atoms. The van der Waals surface area contributed by atoms with E-state index in [0.717, 1.165) is 30.9 Å². The summed E-state index contributed by atoms with van der Waals surface area (Å²) in [5.41, 5.74) is 0. The zero-order valence-corrected chi connectivity index (χ0v) is 11.2. The van der Waals surface area contributed by atoms with Crippen LogP contribution in [0, 0.1) is 0 Å². The summed E-state index contributed by atoms with van der Waals surface area (Å²) in [4.78, 5) is 0. The Hall–Kier alpha value is -1.26. The van der Waals surface area contributed by atoms with Gasteiger partial charge in [-0.3, -0.25) is 0 Å². The van der Waals surface area contributed by atoms with Crippen molar-refractivity contribution < 1.29 is 14.6 Å². The van der Waals surface area contributed by atoms with Crippen LogP contribution in [0.1, 0.15) is 19.8 Å². The molecular weight excluding hydrogens is 230 g/mol. The monoisotopic (exact) mass is 253 g/mol. The summed E-state index contributed by atoms with van der Waals surface area (Å²) in [6.45, 7) is 3.75. The second kappa shape index (κ2) is 8.78. The first kappa shape index (κ1) is 14.8. The summed E-state index contributed by atoms with van der Waals surface area (Å²) in [6.07, 6.45) is 1.81. The van der Waals surface area contributed by atoms with Crippen molar-refractivity contribution in [2.24, 2.45) is 0 Å². The fourth-order valence-corrected chi connectivity index (χ4v) is 1.70. The van der Waals surface area contributed by atoms with Crippen LogP contribution < -0.4 is 14.8 Å². The molecule has 1 atom stereocenters. The molecule has 0 radical (unpaired) electrons. The van der Waals surface area contributed by atoms with E-state index in [0.29, 0.717) is 12.6 Å². The number of para-hydroxylation sites is 2. The van der Waals surface area contributed by atoms with Crippen LogP contribution in [0.15, 0.2) is 24.3 Å². The number of nitrogens with one attached hydrogen (secondary N) is 1. The zero-order valence-electron chi connectivity index (χ0n) is 11.2. The number of aliphatic hydroxyl groups excluding tert-OH is 1. The maximum atomic E-state index is 8.73. The van der Waals surface area contributed by atoms with Gasteiger partial charge in [-0.2, -0.15) is 0 Å². The molecule has 1 aromatic rings. The molecule has 1 aromatic carbocycles. The molecule has 1 rings (SSSR count). The second-order valence-electron chi connectivity index (χ2n) is 4.22. The molecule has 0 aliphatic heterocycles. The molecule has 0 saturated heterocycles. The fraction of sp³-hybridized carbons (Fsp3) is 0.571. The van der Waals surface area contributed by atoms with E-state index in [9.17, 15) is 0 Å². The fourth-order valence-electron chi connectivity index (χ4n) is 1.70. The molecule has 0 fully saturated rings. The largest absolute Gasteiger partial charge is 0.493 e. The van der Waals surface area contributed by atoms with Gasteiger partial charge >= 0.3 is 0 Å². The molecule has 2 N–H and O–H groups in total. The Morgan fingerprint density at radius 1 is 1.28 bits per heavy atom. The normalized spacial score (nSPS) is 12.2. The molecule has 0 aromatic heterocycles. The zero-order chi connectivity index (χ0) is 13.2. The molecule has 0 spiro atoms. The summed E-state index contributed by atoms with van der Waals surface area (Å²) in [6, 6.07) is 8.02. The van der Waals surface area contributed by atoms with Crippen LogP contribution in [0.25, 0.3) is 0 Å². The highest BCUT2D eigenvalue weighted by atomic mass is 16.5. The highest BCUT2D eigenvalue weighted by Crippen LogP contribution is 2.25. The van der Waals surface area contributed by atoms with Crippen molar-refractivity contribution in [1.82, 2.24) is 5.32 Å². The minimum atomic E-state index is 0.254. The van der Waals surface area contributed by atoms with Crippen LogP contribution in [0.5, 0.6) is 11.5 Å². The topological polar surface area (TPSA) is 50.7 Å². The molecule has 0 heterocycles. The number of rotatable bonds is 9. The Morgan fingerprint density at radius 3 is 2.67 bits per heavy atom. The van der Waals surface area contributed by atoms with Crippen molar-refractivity contribution in [3.63, 3.8) is 0 Å². The highest BCUT2D eigenvalue weighted by molar-refractivity contribution is 5.39. The van der Waals surface area contributed by atoms with Crippen molar-refractivity contribution in [3.8, 4) is 11.5 Å². The number of hydrogen-bond acceptors (Lipinski definition) is 4. The van der Waals surface area contributed by atoms with E-state index in [4.69, 9.17) is 14.6 Å². The lowest BCUT2D eigenvalue weighted by atomic mass is 10.2. The Bertz CT molecular complexity index is 331. The van der Waals surface area contributed by atoms with E-state index in [1.165, 1.54) is 0 Å². The molecule has 0 aliphatic rings. The summed E-state index contributed by atoms with van der Waals surface area (Å²) in [5.74, 6) is 1.52. The Morgan fingerprint density at radius 2 is 2.00 bits per heavy atom. The first-order chi connectivity index (χ1) is 8.77. The van der Waals surface area contributed by atoms with Gasteiger partial charge in [-0.1, -0.05) is 12.1 Å². The molecular formula is C14H23NO3. The van der Waals surface area contributed by atoms with Crippen LogP contribution in [0.3, 0.4) is 0 Å². The Balaban J connectivity index is 2.21. The SMILES string of the molecule is COc1ccccc1OCCNC(C)CCCO. The quantitative estimate of drug-likeness (QED) is 0.659. The Labute approximate surface area is 109 Å². The van der Waals surface area contributed by atoms with E-state index in [-0.39, 0.29) is 6.61 Å². The molecule has 4 nitrogen and oxygen atoms in total. The van der Waals surface area contributed by atoms with Gasteiger partial charge < -0.3 is 19.9 Å². The van der Waals surface area contributed by atoms with Gasteiger partial charge in [-0.15, -0.1) is 0 Å². The van der Waals surface area contributed by atoms with Gasteiger partial charge in [0, 0.05) is 19.2 Å². The van der Waals surface area contributed by atoms with Gasteiger partial charge in [-0.25, -0.2) is 0 Å². The van der Waals surface area contributed by atoms with Crippen LogP contribution in [0.2, 0.25) is 0 Å². The molecule has 0 amide bonds. The number of ether oxygens (including phenoxy) is 2. The van der Waals surface area contributed by atoms with E-state index < -0.39 is 0 Å². The molecule has 0 aliphatic carbocycles. The summed E-state index contributed by atoms with van der Waals surface area (Å²) in [5, 5.41) is 12.1. The van der Waals surface area contributed by atoms with E-state index in [2.05, 4.69) is 12.2 Å². The number of benzene rings is 1. The standard InChI is InChI=1S/C14H23NO3/c1-12(6-5-10-16)15-9-11-18-14-8-4-3-7-13(14)17-2/h3-4,7-8,12,15-16H,5-6,9-11H2,1-2H3. The average Bonchev–Trinajstić information content (AvgIpc) is 2.41. The smallest absolute Gasteiger partial charge is 0.161 e. The summed E-state index contributed by atoms with van der Waals surface area (Å²) >= 11 is 0. The van der Waals surface area contributed by atoms with Crippen molar-refractivity contribution in [2.45, 2.75) is 25.8 Å². The van der Waals surface area contributed by atoms with Crippen molar-refractivity contribution in [1.29, 1.82) is 0 Å². The van der Waals surface area contributed by atoms with Gasteiger partial charge in [0.2, 0.25) is 0 Å². The molecule has 0 bridgehead atoms. The third kappa shape index (κ3) is 5.38. The summed E-state index contributed by atoms with van der Waals surface area (Å²) in [7, 11) is 1.64. The third-order valence-corrected chi connectivity index (χ3v) is 2.72. The van der Waals surface area contributed by atoms with Gasteiger partial charge in [-0.05, 0) is 31.9 Å². The van der Waals surface area contributed by atoms with Crippen molar-refractivity contribution in [3.05, 3.63) is 24.3 Å². The lowest BCUT2D eigenvalue weighted by molar-refractivity contribution is 0.267. The van der Waals surface area contributed by atoms with Crippen molar-refractivity contribution >= 4 is 0 Å². The first-order valence-electron chi connectivity index (χ1n) is 6.38. The average molecular weight is 253 g/mol. The predicted molar refractivity (Wildman–Crippen MR) is 72.3 cm³/mol. The van der Waals surface area contributed by atoms with Gasteiger partial charge in [0.1, 0.15) is 6.61 Å². The number of aliphatic hydroxyl groups is 1. The predicted octanol–water partition coefficient (Wildman–Crippen LogP) is 1.82. The molecule has 1 unspecified atom stereocenters. The third-order valence-electron chi connectivity index (χ3n) is 2.72. The lowest BCUT2D eigenvalue weighted by Gasteiger charge is -2.14. The number of hydrogen-bond donors (Lipinski definition) is 2. The van der Waals surface area contributed by atoms with Gasteiger partial charge in [0.05, 0.1) is 7.11 Å². The van der Waals surface area contributed by atoms with Crippen LogP contribution in [0.4, 0.5) is 0 Å². The van der Waals surface area contributed by atoms with E-state index >= 15 is 0 Å². The summed E-state index contributed by atoms with van der Waals surface area (Å²) < 4.78 is 10.8. The van der Waals surface area contributed by atoms with E-state index in [1.54, 1.807) is 7.11 Å². The molecule has 0 saturated carbocycles. The molecule has 4 heteroatoms. The lowest BCUT2D eigenvalue weighted by Crippen LogP contribution is -2.30. The van der Waals surface area contributed by atoms with Crippen molar-refractivity contribution in [2.75, 3.05) is 26.9 Å². The van der Waals surface area contributed by atoms with Gasteiger partial charge in [0.25, 0.3) is 0 Å².